The van der Waals surface area contributed by atoms with E-state index in [0.717, 1.165) is 6.20 Å². The number of aromatic nitrogens is 1. The van der Waals surface area contributed by atoms with Gasteiger partial charge in [0.05, 0.1) is 0 Å². The van der Waals surface area contributed by atoms with Crippen LogP contribution >= 0.6 is 0 Å². The lowest BCUT2D eigenvalue weighted by Crippen LogP contribution is -2.18. The van der Waals surface area contributed by atoms with Gasteiger partial charge in [-0.05, 0) is 13.0 Å². The first-order valence-electron chi connectivity index (χ1n) is 3.69. The van der Waals surface area contributed by atoms with Gasteiger partial charge in [0.15, 0.2) is 0 Å². The van der Waals surface area contributed by atoms with Crippen LogP contribution in [0.5, 0.6) is 5.88 Å². The quantitative estimate of drug-likeness (QED) is 0.698. The zero-order chi connectivity index (χ0) is 10.8. The van der Waals surface area contributed by atoms with Gasteiger partial charge in [-0.15, -0.1) is 13.2 Å². The van der Waals surface area contributed by atoms with Crippen molar-refractivity contribution in [2.24, 2.45) is 0 Å². The molecule has 0 aromatic carbocycles. The number of hydrogen-bond acceptors (Lipinski definition) is 2. The lowest BCUT2D eigenvalue weighted by molar-refractivity contribution is -0.276. The fourth-order valence-electron chi connectivity index (χ4n) is 0.910. The number of alkyl halides is 4. The summed E-state index contributed by atoms with van der Waals surface area (Å²) < 4.78 is 51.0. The molecular formula is C8H7F4NO. The van der Waals surface area contributed by atoms with Crippen molar-refractivity contribution in [1.29, 1.82) is 0 Å². The molecule has 14 heavy (non-hydrogen) atoms. The summed E-state index contributed by atoms with van der Waals surface area (Å²) in [5.74, 6) is -0.547. The maximum atomic E-state index is 12.1. The van der Waals surface area contributed by atoms with E-state index in [1.165, 1.54) is 13.0 Å². The van der Waals surface area contributed by atoms with Crippen molar-refractivity contribution < 1.29 is 22.3 Å². The van der Waals surface area contributed by atoms with Crippen LogP contribution in [0.3, 0.4) is 0 Å². The molecule has 0 amide bonds. The minimum absolute atomic E-state index is 0.150. The molecule has 0 N–H and O–H groups in total. The van der Waals surface area contributed by atoms with Crippen LogP contribution in [-0.4, -0.2) is 11.3 Å². The number of hydrogen-bond donors (Lipinski definition) is 0. The van der Waals surface area contributed by atoms with Crippen LogP contribution in [0.4, 0.5) is 17.6 Å². The molecule has 0 fully saturated rings. The van der Waals surface area contributed by atoms with E-state index in [1.54, 1.807) is 0 Å². The third-order valence-electron chi connectivity index (χ3n) is 1.45. The molecule has 0 aliphatic carbocycles. The molecule has 1 aromatic heterocycles. The molecule has 0 saturated carbocycles. The average Bonchev–Trinajstić information content (AvgIpc) is 2.06. The van der Waals surface area contributed by atoms with Crippen LogP contribution in [0.15, 0.2) is 12.3 Å². The van der Waals surface area contributed by atoms with E-state index in [0.29, 0.717) is 0 Å². The minimum Gasteiger partial charge on any atom is -0.388 e. The van der Waals surface area contributed by atoms with Gasteiger partial charge in [0.25, 0.3) is 0 Å². The second-order valence-electron chi connectivity index (χ2n) is 2.65. The average molecular weight is 209 g/mol. The summed E-state index contributed by atoms with van der Waals surface area (Å²) in [6.45, 7) is 0.605. The lowest BCUT2D eigenvalue weighted by atomic mass is 10.2. The maximum Gasteiger partial charge on any atom is 0.574 e. The van der Waals surface area contributed by atoms with Crippen molar-refractivity contribution in [3.05, 3.63) is 23.4 Å². The van der Waals surface area contributed by atoms with Gasteiger partial charge in [0.2, 0.25) is 5.88 Å². The van der Waals surface area contributed by atoms with Crippen molar-refractivity contribution in [2.45, 2.75) is 20.0 Å². The first kappa shape index (κ1) is 10.7. The standard InChI is InChI=1S/C8H7F4NO/c1-5-2-6(3-9)4-13-7(5)14-8(10,11)12/h2,4H,3H2,1H3. The molecule has 0 bridgehead atoms. The number of halogens is 4. The summed E-state index contributed by atoms with van der Waals surface area (Å²) in [6, 6.07) is 1.26. The molecule has 0 unspecified atom stereocenters. The van der Waals surface area contributed by atoms with Gasteiger partial charge in [-0.25, -0.2) is 9.37 Å². The van der Waals surface area contributed by atoms with Crippen molar-refractivity contribution in [3.63, 3.8) is 0 Å². The van der Waals surface area contributed by atoms with E-state index < -0.39 is 18.9 Å². The fraction of sp³-hybridized carbons (Fsp3) is 0.375. The van der Waals surface area contributed by atoms with Gasteiger partial charge in [0, 0.05) is 17.3 Å². The molecule has 0 saturated heterocycles. The molecule has 1 aromatic rings. The van der Waals surface area contributed by atoms with Gasteiger partial charge >= 0.3 is 6.36 Å². The summed E-state index contributed by atoms with van der Waals surface area (Å²) in [4.78, 5) is 3.35. The number of nitrogens with zero attached hydrogens (tertiary/aromatic N) is 1. The van der Waals surface area contributed by atoms with Crippen molar-refractivity contribution in [2.75, 3.05) is 0 Å². The Morgan fingerprint density at radius 2 is 2.07 bits per heavy atom. The zero-order valence-corrected chi connectivity index (χ0v) is 7.23. The first-order chi connectivity index (χ1) is 6.42. The van der Waals surface area contributed by atoms with Crippen molar-refractivity contribution >= 4 is 0 Å². The number of pyridine rings is 1. The number of ether oxygens (including phenoxy) is 1. The molecule has 0 radical (unpaired) electrons. The van der Waals surface area contributed by atoms with E-state index in [2.05, 4.69) is 9.72 Å². The predicted octanol–water partition coefficient (Wildman–Crippen LogP) is 2.76. The van der Waals surface area contributed by atoms with Crippen molar-refractivity contribution in [1.82, 2.24) is 4.98 Å². The molecule has 0 atom stereocenters. The van der Waals surface area contributed by atoms with Crippen LogP contribution in [0.2, 0.25) is 0 Å². The van der Waals surface area contributed by atoms with Crippen LogP contribution in [0, 0.1) is 6.92 Å². The van der Waals surface area contributed by atoms with Crippen LogP contribution < -0.4 is 4.74 Å². The molecule has 0 aliphatic heterocycles. The highest BCUT2D eigenvalue weighted by molar-refractivity contribution is 5.28. The second-order valence-corrected chi connectivity index (χ2v) is 2.65. The molecule has 1 heterocycles. The Hall–Kier alpha value is -1.33. The Balaban J connectivity index is 2.89. The molecule has 6 heteroatoms. The second kappa shape index (κ2) is 3.81. The van der Waals surface area contributed by atoms with Crippen LogP contribution in [-0.2, 0) is 6.67 Å². The highest BCUT2D eigenvalue weighted by Gasteiger charge is 2.32. The Morgan fingerprint density at radius 1 is 1.43 bits per heavy atom. The van der Waals surface area contributed by atoms with Crippen molar-refractivity contribution in [3.8, 4) is 5.88 Å². The summed E-state index contributed by atoms with van der Waals surface area (Å²) >= 11 is 0. The Kier molecular flexibility index (Phi) is 2.93. The fourth-order valence-corrected chi connectivity index (χ4v) is 0.910. The topological polar surface area (TPSA) is 22.1 Å². The highest BCUT2D eigenvalue weighted by Crippen LogP contribution is 2.24. The van der Waals surface area contributed by atoms with Gasteiger partial charge in [-0.2, -0.15) is 0 Å². The Labute approximate surface area is 77.5 Å². The maximum absolute atomic E-state index is 12.1. The molecule has 78 valence electrons. The van der Waals surface area contributed by atoms with Crippen LogP contribution in [0.25, 0.3) is 0 Å². The van der Waals surface area contributed by atoms with Gasteiger partial charge in [0.1, 0.15) is 6.67 Å². The number of aryl methyl sites for hydroxylation is 1. The minimum atomic E-state index is -4.77. The summed E-state index contributed by atoms with van der Waals surface area (Å²) in [7, 11) is 0. The van der Waals surface area contributed by atoms with E-state index in [1.807, 2.05) is 0 Å². The van der Waals surface area contributed by atoms with E-state index >= 15 is 0 Å². The Morgan fingerprint density at radius 3 is 2.50 bits per heavy atom. The monoisotopic (exact) mass is 209 g/mol. The summed E-state index contributed by atoms with van der Waals surface area (Å²) in [5, 5.41) is 0. The first-order valence-corrected chi connectivity index (χ1v) is 3.69. The highest BCUT2D eigenvalue weighted by atomic mass is 19.4. The Bertz CT molecular complexity index is 324. The molecule has 1 rings (SSSR count). The lowest BCUT2D eigenvalue weighted by Gasteiger charge is -2.10. The molecule has 0 aliphatic rings. The molecule has 2 nitrogen and oxygen atoms in total. The van der Waals surface area contributed by atoms with Gasteiger partial charge in [-0.1, -0.05) is 0 Å². The number of rotatable bonds is 2. The third-order valence-corrected chi connectivity index (χ3v) is 1.45. The molecule has 0 spiro atoms. The van der Waals surface area contributed by atoms with Gasteiger partial charge < -0.3 is 4.74 Å². The van der Waals surface area contributed by atoms with E-state index in [4.69, 9.17) is 0 Å². The van der Waals surface area contributed by atoms with Crippen LogP contribution in [0.1, 0.15) is 11.1 Å². The SMILES string of the molecule is Cc1cc(CF)cnc1OC(F)(F)F. The van der Waals surface area contributed by atoms with E-state index in [9.17, 15) is 17.6 Å². The third kappa shape index (κ3) is 2.86. The summed E-state index contributed by atoms with van der Waals surface area (Å²) in [5.41, 5.74) is 0.370. The largest absolute Gasteiger partial charge is 0.574 e. The molecular weight excluding hydrogens is 202 g/mol. The normalized spacial score (nSPS) is 11.5. The van der Waals surface area contributed by atoms with E-state index in [-0.39, 0.29) is 11.1 Å². The predicted molar refractivity (Wildman–Crippen MR) is 40.5 cm³/mol. The smallest absolute Gasteiger partial charge is 0.388 e. The van der Waals surface area contributed by atoms with Gasteiger partial charge in [-0.3, -0.25) is 0 Å². The summed E-state index contributed by atoms with van der Waals surface area (Å²) in [6.07, 6.45) is -3.76. The zero-order valence-electron chi connectivity index (χ0n) is 7.23.